The lowest BCUT2D eigenvalue weighted by Gasteiger charge is -2.37. The van der Waals surface area contributed by atoms with E-state index in [1.165, 1.54) is 6.92 Å². The molecule has 37 heavy (non-hydrogen) atoms. The molecule has 6 nitrogen and oxygen atoms in total. The molecule has 0 unspecified atom stereocenters. The van der Waals surface area contributed by atoms with Crippen molar-refractivity contribution in [3.05, 3.63) is 47.3 Å². The van der Waals surface area contributed by atoms with Crippen molar-refractivity contribution in [2.75, 3.05) is 13.2 Å². The summed E-state index contributed by atoms with van der Waals surface area (Å²) in [5.74, 6) is -4.17. The van der Waals surface area contributed by atoms with Crippen molar-refractivity contribution < 1.29 is 41.8 Å². The number of hydrogen-bond acceptors (Lipinski definition) is 6. The van der Waals surface area contributed by atoms with Crippen molar-refractivity contribution in [3.63, 3.8) is 0 Å². The van der Waals surface area contributed by atoms with E-state index >= 15 is 0 Å². The van der Waals surface area contributed by atoms with E-state index in [2.05, 4.69) is 6.58 Å². The van der Waals surface area contributed by atoms with Crippen LogP contribution in [0.3, 0.4) is 0 Å². The second kappa shape index (κ2) is 13.6. The summed E-state index contributed by atoms with van der Waals surface area (Å²) < 4.78 is 55.7. The van der Waals surface area contributed by atoms with Gasteiger partial charge in [-0.2, -0.15) is 0 Å². The predicted molar refractivity (Wildman–Crippen MR) is 129 cm³/mol. The van der Waals surface area contributed by atoms with Gasteiger partial charge in [0.25, 0.3) is 0 Å². The standard InChI is InChI=1S/C28H35F3O6/c1-17(2)28(34)36-14-13-35-25(32)11-12-26(33)37-22-9-7-19(8-10-22)18-3-5-20(6-4-18)21-15-23(29)27(31)24(30)16-21/h15-16,18-20,22H,1,3-14H2,2H3/t18-,19-,20-,22-. The van der Waals surface area contributed by atoms with Gasteiger partial charge < -0.3 is 14.2 Å². The first-order chi connectivity index (χ1) is 17.6. The van der Waals surface area contributed by atoms with E-state index < -0.39 is 35.4 Å². The minimum atomic E-state index is -1.42. The van der Waals surface area contributed by atoms with Crippen molar-refractivity contribution in [2.24, 2.45) is 11.8 Å². The van der Waals surface area contributed by atoms with Crippen LogP contribution in [0.4, 0.5) is 13.2 Å². The fraction of sp³-hybridized carbons (Fsp3) is 0.607. The first-order valence-electron chi connectivity index (χ1n) is 13.0. The van der Waals surface area contributed by atoms with Gasteiger partial charge in [-0.15, -0.1) is 0 Å². The van der Waals surface area contributed by atoms with E-state index in [-0.39, 0.29) is 43.7 Å². The van der Waals surface area contributed by atoms with E-state index in [1.807, 2.05) is 0 Å². The Morgan fingerprint density at radius 3 is 1.89 bits per heavy atom. The lowest BCUT2D eigenvalue weighted by molar-refractivity contribution is -0.156. The van der Waals surface area contributed by atoms with Crippen LogP contribution >= 0.6 is 0 Å². The number of ether oxygens (including phenoxy) is 3. The minimum Gasteiger partial charge on any atom is -0.462 e. The van der Waals surface area contributed by atoms with Crippen LogP contribution in [-0.2, 0) is 28.6 Å². The van der Waals surface area contributed by atoms with Crippen LogP contribution in [0.25, 0.3) is 0 Å². The van der Waals surface area contributed by atoms with Gasteiger partial charge in [0.15, 0.2) is 17.5 Å². The molecule has 9 heteroatoms. The van der Waals surface area contributed by atoms with Gasteiger partial charge in [-0.1, -0.05) is 6.58 Å². The van der Waals surface area contributed by atoms with Crippen LogP contribution in [-0.4, -0.2) is 37.2 Å². The van der Waals surface area contributed by atoms with Crippen LogP contribution in [0.2, 0.25) is 0 Å². The largest absolute Gasteiger partial charge is 0.462 e. The molecule has 0 saturated heterocycles. The molecule has 0 aromatic heterocycles. The van der Waals surface area contributed by atoms with Gasteiger partial charge in [0, 0.05) is 5.57 Å². The highest BCUT2D eigenvalue weighted by Gasteiger charge is 2.32. The molecular weight excluding hydrogens is 489 g/mol. The first kappa shape index (κ1) is 28.7. The van der Waals surface area contributed by atoms with Gasteiger partial charge in [0.05, 0.1) is 12.8 Å². The van der Waals surface area contributed by atoms with Crippen molar-refractivity contribution in [1.29, 1.82) is 0 Å². The molecule has 1 aromatic carbocycles. The van der Waals surface area contributed by atoms with Crippen LogP contribution in [0.15, 0.2) is 24.3 Å². The third-order valence-electron chi connectivity index (χ3n) is 7.39. The molecule has 0 heterocycles. The van der Waals surface area contributed by atoms with E-state index in [4.69, 9.17) is 14.2 Å². The summed E-state index contributed by atoms with van der Waals surface area (Å²) >= 11 is 0. The molecule has 1 aromatic rings. The smallest absolute Gasteiger partial charge is 0.333 e. The SMILES string of the molecule is C=C(C)C(=O)OCCOC(=O)CCC(=O)O[C@H]1CC[C@H]([C@H]2CC[C@H](c3cc(F)c(F)c(F)c3)CC2)CC1. The summed E-state index contributed by atoms with van der Waals surface area (Å²) in [6.45, 7) is 4.81. The predicted octanol–water partition coefficient (Wildman–Crippen LogP) is 5.92. The van der Waals surface area contributed by atoms with Crippen molar-refractivity contribution in [1.82, 2.24) is 0 Å². The Morgan fingerprint density at radius 2 is 1.32 bits per heavy atom. The highest BCUT2D eigenvalue weighted by atomic mass is 19.2. The van der Waals surface area contributed by atoms with Crippen LogP contribution in [0.1, 0.15) is 82.6 Å². The number of carbonyl (C=O) groups excluding carboxylic acids is 3. The monoisotopic (exact) mass is 524 g/mol. The van der Waals surface area contributed by atoms with Crippen molar-refractivity contribution in [3.8, 4) is 0 Å². The van der Waals surface area contributed by atoms with Gasteiger partial charge in [-0.25, -0.2) is 18.0 Å². The lowest BCUT2D eigenvalue weighted by Crippen LogP contribution is -2.29. The zero-order chi connectivity index (χ0) is 26.9. The second-order valence-electron chi connectivity index (χ2n) is 10.1. The molecule has 0 spiro atoms. The molecule has 2 aliphatic carbocycles. The quantitative estimate of drug-likeness (QED) is 0.124. The zero-order valence-electron chi connectivity index (χ0n) is 21.2. The molecule has 204 valence electrons. The number of hydrogen-bond donors (Lipinski definition) is 0. The molecule has 0 N–H and O–H groups in total. The fourth-order valence-electron chi connectivity index (χ4n) is 5.35. The average Bonchev–Trinajstić information content (AvgIpc) is 2.88. The highest BCUT2D eigenvalue weighted by molar-refractivity contribution is 5.86. The van der Waals surface area contributed by atoms with E-state index in [0.29, 0.717) is 17.4 Å². The molecule has 0 atom stereocenters. The van der Waals surface area contributed by atoms with Crippen LogP contribution in [0.5, 0.6) is 0 Å². The van der Waals surface area contributed by atoms with E-state index in [9.17, 15) is 27.6 Å². The topological polar surface area (TPSA) is 78.9 Å². The maximum Gasteiger partial charge on any atom is 0.333 e. The lowest BCUT2D eigenvalue weighted by atomic mass is 9.69. The highest BCUT2D eigenvalue weighted by Crippen LogP contribution is 2.43. The second-order valence-corrected chi connectivity index (χ2v) is 10.1. The van der Waals surface area contributed by atoms with Gasteiger partial charge in [0.2, 0.25) is 0 Å². The Labute approximate surface area is 215 Å². The third-order valence-corrected chi connectivity index (χ3v) is 7.39. The Balaban J connectivity index is 1.30. The number of rotatable bonds is 10. The Hall–Kier alpha value is -2.84. The molecule has 3 rings (SSSR count). The molecule has 0 radical (unpaired) electrons. The molecule has 0 amide bonds. The van der Waals surface area contributed by atoms with Crippen molar-refractivity contribution >= 4 is 17.9 Å². The molecule has 0 bridgehead atoms. The molecule has 2 saturated carbocycles. The molecule has 2 aliphatic rings. The number of esters is 3. The summed E-state index contributed by atoms with van der Waals surface area (Å²) in [5, 5.41) is 0. The summed E-state index contributed by atoms with van der Waals surface area (Å²) in [5.41, 5.74) is 0.786. The maximum atomic E-state index is 13.6. The molecule has 2 fully saturated rings. The van der Waals surface area contributed by atoms with E-state index in [1.54, 1.807) is 0 Å². The summed E-state index contributed by atoms with van der Waals surface area (Å²) in [6, 6.07) is 2.23. The van der Waals surface area contributed by atoms with Gasteiger partial charge >= 0.3 is 17.9 Å². The average molecular weight is 525 g/mol. The van der Waals surface area contributed by atoms with Crippen molar-refractivity contribution in [2.45, 2.75) is 83.2 Å². The Bertz CT molecular complexity index is 955. The fourth-order valence-corrected chi connectivity index (χ4v) is 5.35. The summed E-state index contributed by atoms with van der Waals surface area (Å²) in [6.07, 6.45) is 6.62. The Kier molecular flexibility index (Phi) is 10.6. The van der Waals surface area contributed by atoms with E-state index in [0.717, 1.165) is 63.5 Å². The Morgan fingerprint density at radius 1 is 0.811 bits per heavy atom. The maximum absolute atomic E-state index is 13.6. The number of carbonyl (C=O) groups is 3. The first-order valence-corrected chi connectivity index (χ1v) is 13.0. The summed E-state index contributed by atoms with van der Waals surface area (Å²) in [4.78, 5) is 35.1. The minimum absolute atomic E-state index is 0.0381. The third kappa shape index (κ3) is 8.61. The number of halogens is 3. The summed E-state index contributed by atoms with van der Waals surface area (Å²) in [7, 11) is 0. The van der Waals surface area contributed by atoms with Gasteiger partial charge in [-0.3, -0.25) is 9.59 Å². The normalized spacial score (nSPS) is 23.7. The van der Waals surface area contributed by atoms with Crippen LogP contribution < -0.4 is 0 Å². The molecule has 0 aliphatic heterocycles. The van der Waals surface area contributed by atoms with Crippen LogP contribution in [0, 0.1) is 29.3 Å². The zero-order valence-corrected chi connectivity index (χ0v) is 21.2. The number of benzene rings is 1. The molecular formula is C28H35F3O6. The van der Waals surface area contributed by atoms with Gasteiger partial charge in [0.1, 0.15) is 19.3 Å². The van der Waals surface area contributed by atoms with Gasteiger partial charge in [-0.05, 0) is 93.7 Å².